The summed E-state index contributed by atoms with van der Waals surface area (Å²) in [6.07, 6.45) is 7.31. The average molecular weight is 454 g/mol. The van der Waals surface area contributed by atoms with E-state index in [0.717, 1.165) is 29.1 Å². The summed E-state index contributed by atoms with van der Waals surface area (Å²) in [6.45, 7) is 6.25. The van der Waals surface area contributed by atoms with Crippen LogP contribution < -0.4 is 10.1 Å². The van der Waals surface area contributed by atoms with Gasteiger partial charge in [0.05, 0.1) is 25.6 Å². The van der Waals surface area contributed by atoms with E-state index in [1.54, 1.807) is 19.6 Å². The summed E-state index contributed by atoms with van der Waals surface area (Å²) < 4.78 is 9.31. The van der Waals surface area contributed by atoms with Crippen LogP contribution in [0, 0.1) is 13.8 Å². The second kappa shape index (κ2) is 9.35. The fraction of sp³-hybridized carbons (Fsp3) is 0.231. The largest absolute Gasteiger partial charge is 0.496 e. The van der Waals surface area contributed by atoms with E-state index in [9.17, 15) is 0 Å². The number of rotatable bonds is 8. The van der Waals surface area contributed by atoms with Crippen LogP contribution in [0.15, 0.2) is 67.4 Å². The van der Waals surface area contributed by atoms with Gasteiger partial charge in [0.1, 0.15) is 17.9 Å². The third-order valence-electron chi connectivity index (χ3n) is 6.07. The molecule has 5 rings (SSSR count). The Kier molecular flexibility index (Phi) is 5.95. The van der Waals surface area contributed by atoms with Crippen molar-refractivity contribution in [3.05, 3.63) is 95.2 Å². The van der Waals surface area contributed by atoms with Crippen LogP contribution in [-0.2, 0) is 19.6 Å². The number of nitrogens with one attached hydrogen (secondary N) is 1. The molecule has 0 amide bonds. The molecule has 0 aliphatic rings. The highest BCUT2D eigenvalue weighted by Gasteiger charge is 2.12. The maximum Gasteiger partial charge on any atom is 0.186 e. The maximum atomic E-state index is 5.49. The van der Waals surface area contributed by atoms with Crippen molar-refractivity contribution in [2.24, 2.45) is 0 Å². The summed E-state index contributed by atoms with van der Waals surface area (Å²) in [6, 6.07) is 14.5. The van der Waals surface area contributed by atoms with E-state index in [1.165, 1.54) is 22.3 Å². The van der Waals surface area contributed by atoms with Gasteiger partial charge < -0.3 is 10.1 Å². The first-order chi connectivity index (χ1) is 16.6. The minimum atomic E-state index is 0.643. The number of aromatic nitrogens is 6. The summed E-state index contributed by atoms with van der Waals surface area (Å²) in [5, 5.41) is 13.3. The van der Waals surface area contributed by atoms with Gasteiger partial charge >= 0.3 is 0 Å². The van der Waals surface area contributed by atoms with Crippen molar-refractivity contribution in [2.45, 2.75) is 33.5 Å². The number of fused-ring (bicyclic) bond motifs is 1. The van der Waals surface area contributed by atoms with Gasteiger partial charge in [-0.05, 0) is 53.8 Å². The zero-order chi connectivity index (χ0) is 23.5. The number of aryl methyl sites for hydroxylation is 1. The molecule has 0 radical (unpaired) electrons. The molecule has 0 spiro atoms. The number of benzene rings is 2. The number of nitrogens with zero attached hydrogens (tertiary/aromatic N) is 6. The highest BCUT2D eigenvalue weighted by Crippen LogP contribution is 2.26. The van der Waals surface area contributed by atoms with Crippen LogP contribution in [-0.4, -0.2) is 36.6 Å². The second-order valence-electron chi connectivity index (χ2n) is 8.35. The fourth-order valence-corrected chi connectivity index (χ4v) is 4.16. The van der Waals surface area contributed by atoms with Gasteiger partial charge in [-0.2, -0.15) is 10.2 Å². The van der Waals surface area contributed by atoms with Gasteiger partial charge in [0.15, 0.2) is 5.65 Å². The normalized spacial score (nSPS) is 11.1. The first-order valence-electron chi connectivity index (χ1n) is 11.2. The minimum Gasteiger partial charge on any atom is -0.496 e. The summed E-state index contributed by atoms with van der Waals surface area (Å²) in [5.74, 6) is 1.66. The molecule has 0 saturated carbocycles. The minimum absolute atomic E-state index is 0.643. The molecule has 3 heterocycles. The van der Waals surface area contributed by atoms with E-state index in [0.29, 0.717) is 18.7 Å². The van der Waals surface area contributed by atoms with Crippen molar-refractivity contribution in [1.29, 1.82) is 0 Å². The lowest BCUT2D eigenvalue weighted by molar-refractivity contribution is 0.411. The maximum absolute atomic E-state index is 5.49. The molecule has 0 unspecified atom stereocenters. The molecule has 8 heteroatoms. The predicted molar refractivity (Wildman–Crippen MR) is 132 cm³/mol. The molecule has 0 bridgehead atoms. The van der Waals surface area contributed by atoms with Gasteiger partial charge in [-0.3, -0.25) is 9.36 Å². The monoisotopic (exact) mass is 453 g/mol. The van der Waals surface area contributed by atoms with E-state index in [1.807, 2.05) is 33.9 Å². The Balaban J connectivity index is 1.32. The zero-order valence-electron chi connectivity index (χ0n) is 19.6. The van der Waals surface area contributed by atoms with Crippen molar-refractivity contribution in [3.8, 4) is 5.75 Å². The van der Waals surface area contributed by atoms with E-state index in [4.69, 9.17) is 4.74 Å². The molecule has 5 aromatic rings. The molecule has 0 aliphatic carbocycles. The van der Waals surface area contributed by atoms with Gasteiger partial charge in [0, 0.05) is 25.1 Å². The van der Waals surface area contributed by atoms with Gasteiger partial charge in [-0.1, -0.05) is 30.3 Å². The molecule has 0 fully saturated rings. The van der Waals surface area contributed by atoms with Crippen molar-refractivity contribution in [3.63, 3.8) is 0 Å². The average Bonchev–Trinajstić information content (AvgIpc) is 3.50. The lowest BCUT2D eigenvalue weighted by Crippen LogP contribution is -2.06. The van der Waals surface area contributed by atoms with Gasteiger partial charge in [0.25, 0.3) is 0 Å². The lowest BCUT2D eigenvalue weighted by atomic mass is 10.0. The van der Waals surface area contributed by atoms with E-state index in [2.05, 4.69) is 69.7 Å². The molecule has 0 atom stereocenters. The first kappa shape index (κ1) is 21.6. The van der Waals surface area contributed by atoms with Crippen LogP contribution in [0.3, 0.4) is 0 Å². The number of hydrogen-bond acceptors (Lipinski definition) is 6. The van der Waals surface area contributed by atoms with E-state index in [-0.39, 0.29) is 0 Å². The third-order valence-corrected chi connectivity index (χ3v) is 6.07. The van der Waals surface area contributed by atoms with E-state index >= 15 is 0 Å². The SMILES string of the molecule is COc1ccc(C)c(CNc2ncnc3nn(Cc4ccc(Cn5cccn5)cc4)cc23)c1C. The van der Waals surface area contributed by atoms with Gasteiger partial charge in [-0.15, -0.1) is 0 Å². The quantitative estimate of drug-likeness (QED) is 0.376. The zero-order valence-corrected chi connectivity index (χ0v) is 19.6. The number of methoxy groups -OCH3 is 1. The number of hydrogen-bond donors (Lipinski definition) is 1. The van der Waals surface area contributed by atoms with Crippen molar-refractivity contribution < 1.29 is 4.74 Å². The lowest BCUT2D eigenvalue weighted by Gasteiger charge is -2.14. The highest BCUT2D eigenvalue weighted by molar-refractivity contribution is 5.85. The topological polar surface area (TPSA) is 82.7 Å². The van der Waals surface area contributed by atoms with Gasteiger partial charge in [0.2, 0.25) is 0 Å². The predicted octanol–water partition coefficient (Wildman–Crippen LogP) is 4.36. The standard InChI is InChI=1S/C26H27N7O/c1-18-5-10-24(34-3)19(2)22(18)13-27-25-23-16-33(31-26(23)29-17-28-25)15-21-8-6-20(7-9-21)14-32-12-4-11-30-32/h4-12,16-17H,13-15H2,1-3H3,(H,27,28,29,31). The van der Waals surface area contributed by atoms with Crippen molar-refractivity contribution in [2.75, 3.05) is 12.4 Å². The Morgan fingerprint density at radius 2 is 1.71 bits per heavy atom. The Morgan fingerprint density at radius 3 is 2.41 bits per heavy atom. The molecule has 2 aromatic carbocycles. The van der Waals surface area contributed by atoms with Crippen molar-refractivity contribution >= 4 is 16.9 Å². The summed E-state index contributed by atoms with van der Waals surface area (Å²) >= 11 is 0. The summed E-state index contributed by atoms with van der Waals surface area (Å²) in [7, 11) is 1.70. The Hall–Kier alpha value is -4.20. The molecule has 172 valence electrons. The first-order valence-corrected chi connectivity index (χ1v) is 11.2. The van der Waals surface area contributed by atoms with Crippen LogP contribution in [0.5, 0.6) is 5.75 Å². The Labute approximate surface area is 198 Å². The molecule has 1 N–H and O–H groups in total. The van der Waals surface area contributed by atoms with Crippen LogP contribution in [0.1, 0.15) is 27.8 Å². The molecular weight excluding hydrogens is 426 g/mol. The molecule has 0 aliphatic heterocycles. The van der Waals surface area contributed by atoms with Crippen LogP contribution >= 0.6 is 0 Å². The van der Waals surface area contributed by atoms with Crippen LogP contribution in [0.2, 0.25) is 0 Å². The molecule has 8 nitrogen and oxygen atoms in total. The molecular formula is C26H27N7O. The van der Waals surface area contributed by atoms with Crippen LogP contribution in [0.25, 0.3) is 11.0 Å². The fourth-order valence-electron chi connectivity index (χ4n) is 4.16. The van der Waals surface area contributed by atoms with Crippen molar-refractivity contribution in [1.82, 2.24) is 29.5 Å². The highest BCUT2D eigenvalue weighted by atomic mass is 16.5. The second-order valence-corrected chi connectivity index (χ2v) is 8.35. The molecule has 0 saturated heterocycles. The Bertz CT molecular complexity index is 1410. The van der Waals surface area contributed by atoms with Crippen LogP contribution in [0.4, 0.5) is 5.82 Å². The Morgan fingerprint density at radius 1 is 0.941 bits per heavy atom. The molecule has 3 aromatic heterocycles. The third kappa shape index (κ3) is 4.47. The smallest absolute Gasteiger partial charge is 0.186 e. The van der Waals surface area contributed by atoms with E-state index < -0.39 is 0 Å². The summed E-state index contributed by atoms with van der Waals surface area (Å²) in [4.78, 5) is 8.84. The number of anilines is 1. The number of ether oxygens (including phenoxy) is 1. The molecule has 34 heavy (non-hydrogen) atoms. The summed E-state index contributed by atoms with van der Waals surface area (Å²) in [5.41, 5.74) is 6.59. The van der Waals surface area contributed by atoms with Gasteiger partial charge in [-0.25, -0.2) is 9.97 Å².